The standard InChI is InChI=1S/C27H34N4O2S/c1-22-29-25(21-34-22)20-33-26-11-7-10-24(18-26)27(32)28-12-5-6-13-30-14-16-31(17-15-30)19-23-8-3-2-4-9-23/h2-4,7-11,18,21H,5-6,12-17,19-20H2,1H3,(H,28,32). The van der Waals surface area contributed by atoms with Crippen molar-refractivity contribution in [1.29, 1.82) is 0 Å². The number of nitrogens with one attached hydrogen (secondary N) is 1. The first-order valence-corrected chi connectivity index (χ1v) is 12.9. The first-order valence-electron chi connectivity index (χ1n) is 12.1. The Bertz CT molecular complexity index is 1030. The molecule has 6 nitrogen and oxygen atoms in total. The van der Waals surface area contributed by atoms with Gasteiger partial charge in [0.15, 0.2) is 0 Å². The van der Waals surface area contributed by atoms with E-state index in [-0.39, 0.29) is 5.91 Å². The van der Waals surface area contributed by atoms with Gasteiger partial charge in [-0.05, 0) is 50.1 Å². The average Bonchev–Trinajstić information content (AvgIpc) is 3.29. The van der Waals surface area contributed by atoms with Crippen LogP contribution >= 0.6 is 11.3 Å². The van der Waals surface area contributed by atoms with E-state index < -0.39 is 0 Å². The number of aryl methyl sites for hydroxylation is 1. The highest BCUT2D eigenvalue weighted by molar-refractivity contribution is 7.09. The van der Waals surface area contributed by atoms with E-state index in [0.717, 1.165) is 62.8 Å². The molecule has 1 aromatic heterocycles. The van der Waals surface area contributed by atoms with Gasteiger partial charge in [0.1, 0.15) is 12.4 Å². The molecule has 0 saturated carbocycles. The second-order valence-corrected chi connectivity index (χ2v) is 9.80. The summed E-state index contributed by atoms with van der Waals surface area (Å²) in [5.41, 5.74) is 2.93. The molecule has 3 aromatic rings. The maximum Gasteiger partial charge on any atom is 0.251 e. The summed E-state index contributed by atoms with van der Waals surface area (Å²) in [7, 11) is 0. The SMILES string of the molecule is Cc1nc(COc2cccc(C(=O)NCCCCN3CCN(Cc4ccccc4)CC3)c2)cs1. The number of benzene rings is 2. The van der Waals surface area contributed by atoms with Crippen molar-refractivity contribution in [1.82, 2.24) is 20.1 Å². The van der Waals surface area contributed by atoms with E-state index >= 15 is 0 Å². The zero-order valence-corrected chi connectivity index (χ0v) is 20.7. The van der Waals surface area contributed by atoms with Crippen LogP contribution in [-0.2, 0) is 13.2 Å². The summed E-state index contributed by atoms with van der Waals surface area (Å²) in [5.74, 6) is 0.634. The van der Waals surface area contributed by atoms with Crippen LogP contribution in [0.25, 0.3) is 0 Å². The number of hydrogen-bond donors (Lipinski definition) is 1. The van der Waals surface area contributed by atoms with E-state index in [0.29, 0.717) is 24.5 Å². The molecule has 2 aromatic carbocycles. The van der Waals surface area contributed by atoms with Gasteiger partial charge in [0.05, 0.1) is 10.7 Å². The minimum atomic E-state index is -0.0514. The minimum absolute atomic E-state index is 0.0514. The van der Waals surface area contributed by atoms with Gasteiger partial charge in [-0.2, -0.15) is 0 Å². The van der Waals surface area contributed by atoms with Gasteiger partial charge in [0.25, 0.3) is 5.91 Å². The van der Waals surface area contributed by atoms with Crippen LogP contribution in [0, 0.1) is 6.92 Å². The van der Waals surface area contributed by atoms with Crippen LogP contribution in [-0.4, -0.2) is 60.0 Å². The van der Waals surface area contributed by atoms with Crippen LogP contribution in [0.5, 0.6) is 5.75 Å². The molecule has 4 rings (SSSR count). The third-order valence-electron chi connectivity index (χ3n) is 6.05. The summed E-state index contributed by atoms with van der Waals surface area (Å²) < 4.78 is 5.80. The fourth-order valence-electron chi connectivity index (χ4n) is 4.14. The van der Waals surface area contributed by atoms with Gasteiger partial charge in [-0.1, -0.05) is 36.4 Å². The third kappa shape index (κ3) is 7.65. The molecule has 180 valence electrons. The van der Waals surface area contributed by atoms with Gasteiger partial charge in [-0.3, -0.25) is 9.69 Å². The number of amides is 1. The lowest BCUT2D eigenvalue weighted by Gasteiger charge is -2.34. The molecular formula is C27H34N4O2S. The molecule has 1 aliphatic rings. The van der Waals surface area contributed by atoms with Gasteiger partial charge >= 0.3 is 0 Å². The molecular weight excluding hydrogens is 444 g/mol. The molecule has 34 heavy (non-hydrogen) atoms. The van der Waals surface area contributed by atoms with Crippen molar-refractivity contribution in [2.45, 2.75) is 32.9 Å². The van der Waals surface area contributed by atoms with Gasteiger partial charge in [0.2, 0.25) is 0 Å². The lowest BCUT2D eigenvalue weighted by atomic mass is 10.2. The highest BCUT2D eigenvalue weighted by atomic mass is 32.1. The van der Waals surface area contributed by atoms with E-state index in [2.05, 4.69) is 50.4 Å². The van der Waals surface area contributed by atoms with Crippen LogP contribution in [0.3, 0.4) is 0 Å². The molecule has 1 N–H and O–H groups in total. The Labute approximate surface area is 206 Å². The summed E-state index contributed by atoms with van der Waals surface area (Å²) >= 11 is 1.61. The fourth-order valence-corrected chi connectivity index (χ4v) is 4.73. The molecule has 0 spiro atoms. The average molecular weight is 479 g/mol. The van der Waals surface area contributed by atoms with E-state index in [9.17, 15) is 4.79 Å². The van der Waals surface area contributed by atoms with Crippen LogP contribution in [0.4, 0.5) is 0 Å². The molecule has 0 atom stereocenters. The number of rotatable bonds is 11. The maximum atomic E-state index is 12.5. The summed E-state index contributed by atoms with van der Waals surface area (Å²) in [6, 6.07) is 18.0. The van der Waals surface area contributed by atoms with E-state index in [1.54, 1.807) is 17.4 Å². The molecule has 1 aliphatic heterocycles. The quantitative estimate of drug-likeness (QED) is 0.415. The van der Waals surface area contributed by atoms with Gasteiger partial charge in [-0.25, -0.2) is 4.98 Å². The number of unbranched alkanes of at least 4 members (excludes halogenated alkanes) is 1. The number of hydrogen-bond acceptors (Lipinski definition) is 6. The van der Waals surface area contributed by atoms with Gasteiger partial charge in [0, 0.05) is 50.2 Å². The molecule has 2 heterocycles. The molecule has 0 radical (unpaired) electrons. The van der Waals surface area contributed by atoms with E-state index in [4.69, 9.17) is 4.74 Å². The number of aromatic nitrogens is 1. The molecule has 7 heteroatoms. The topological polar surface area (TPSA) is 57.7 Å². The summed E-state index contributed by atoms with van der Waals surface area (Å²) in [5, 5.41) is 6.07. The highest BCUT2D eigenvalue weighted by Crippen LogP contribution is 2.16. The van der Waals surface area contributed by atoms with Crippen molar-refractivity contribution in [3.8, 4) is 5.75 Å². The summed E-state index contributed by atoms with van der Waals surface area (Å²) in [6.45, 7) is 9.68. The molecule has 0 aliphatic carbocycles. The Balaban J connectivity index is 1.09. The molecule has 1 fully saturated rings. The Morgan fingerprint density at radius 2 is 1.82 bits per heavy atom. The normalized spacial score (nSPS) is 14.7. The number of nitrogens with zero attached hydrogens (tertiary/aromatic N) is 3. The van der Waals surface area contributed by atoms with Gasteiger partial charge < -0.3 is 15.0 Å². The smallest absolute Gasteiger partial charge is 0.251 e. The zero-order valence-electron chi connectivity index (χ0n) is 19.9. The van der Waals surface area contributed by atoms with Gasteiger partial charge in [-0.15, -0.1) is 11.3 Å². The van der Waals surface area contributed by atoms with Crippen LogP contribution in [0.1, 0.15) is 39.5 Å². The van der Waals surface area contributed by atoms with Crippen molar-refractivity contribution in [3.05, 3.63) is 81.8 Å². The number of carbonyl (C=O) groups is 1. The van der Waals surface area contributed by atoms with Crippen LogP contribution in [0.2, 0.25) is 0 Å². The minimum Gasteiger partial charge on any atom is -0.487 e. The number of carbonyl (C=O) groups excluding carboxylic acids is 1. The highest BCUT2D eigenvalue weighted by Gasteiger charge is 2.16. The molecule has 1 amide bonds. The lowest BCUT2D eigenvalue weighted by Crippen LogP contribution is -2.46. The molecule has 1 saturated heterocycles. The first-order chi connectivity index (χ1) is 16.7. The monoisotopic (exact) mass is 478 g/mol. The maximum absolute atomic E-state index is 12.5. The van der Waals surface area contributed by atoms with Crippen LogP contribution in [0.15, 0.2) is 60.0 Å². The zero-order chi connectivity index (χ0) is 23.6. The first kappa shape index (κ1) is 24.4. The predicted octanol–water partition coefficient (Wildman–Crippen LogP) is 4.36. The van der Waals surface area contributed by atoms with E-state index in [1.807, 2.05) is 30.5 Å². The second kappa shape index (κ2) is 12.6. The summed E-state index contributed by atoms with van der Waals surface area (Å²) in [4.78, 5) is 22.0. The Morgan fingerprint density at radius 1 is 1.03 bits per heavy atom. The predicted molar refractivity (Wildman–Crippen MR) is 137 cm³/mol. The molecule has 0 bridgehead atoms. The Morgan fingerprint density at radius 3 is 2.59 bits per heavy atom. The number of piperazine rings is 1. The van der Waals surface area contributed by atoms with E-state index in [1.165, 1.54) is 5.56 Å². The second-order valence-electron chi connectivity index (χ2n) is 8.74. The largest absolute Gasteiger partial charge is 0.487 e. The Hall–Kier alpha value is -2.74. The van der Waals surface area contributed by atoms with Crippen molar-refractivity contribution < 1.29 is 9.53 Å². The lowest BCUT2D eigenvalue weighted by molar-refractivity contribution is 0.0950. The van der Waals surface area contributed by atoms with Crippen molar-refractivity contribution in [2.75, 3.05) is 39.3 Å². The number of ether oxygens (including phenoxy) is 1. The third-order valence-corrected chi connectivity index (χ3v) is 6.87. The molecule has 0 unspecified atom stereocenters. The van der Waals surface area contributed by atoms with Crippen molar-refractivity contribution in [3.63, 3.8) is 0 Å². The van der Waals surface area contributed by atoms with Crippen molar-refractivity contribution in [2.24, 2.45) is 0 Å². The fraction of sp³-hybridized carbons (Fsp3) is 0.407. The van der Waals surface area contributed by atoms with Crippen LogP contribution < -0.4 is 10.1 Å². The van der Waals surface area contributed by atoms with Crippen molar-refractivity contribution >= 4 is 17.2 Å². The summed E-state index contributed by atoms with van der Waals surface area (Å²) in [6.07, 6.45) is 2.07. The Kier molecular flexibility index (Phi) is 9.07. The number of thiazole rings is 1.